The summed E-state index contributed by atoms with van der Waals surface area (Å²) < 4.78 is -0.0119. The highest BCUT2D eigenvalue weighted by Crippen LogP contribution is 2.42. The number of Topliss-reactive ketones (excluding diaryl/α,β-unsaturated/α-hetero) is 1. The van der Waals surface area contributed by atoms with Crippen molar-refractivity contribution in [3.63, 3.8) is 0 Å². The van der Waals surface area contributed by atoms with Crippen LogP contribution in [-0.2, 0) is 4.79 Å². The maximum Gasteiger partial charge on any atom is 0.151 e. The summed E-state index contributed by atoms with van der Waals surface area (Å²) in [6, 6.07) is 0. The Hall–Kier alpha value is 0.0200. The first-order valence-corrected chi connectivity index (χ1v) is 6.89. The van der Waals surface area contributed by atoms with Crippen LogP contribution >= 0.6 is 11.8 Å². The molecule has 0 aromatic rings. The summed E-state index contributed by atoms with van der Waals surface area (Å²) in [6.07, 6.45) is 8.57. The molecule has 0 N–H and O–H groups in total. The van der Waals surface area contributed by atoms with Crippen LogP contribution in [0, 0.1) is 5.92 Å². The number of hydrogen-bond donors (Lipinski definition) is 0. The lowest BCUT2D eigenvalue weighted by molar-refractivity contribution is -0.125. The normalized spacial score (nSPS) is 34.6. The highest BCUT2D eigenvalue weighted by atomic mass is 32.2. The zero-order valence-electron chi connectivity index (χ0n) is 9.05. The SMILES string of the molecule is CC1(C(=O)C2CCCCC2)CCCS1. The number of ketones is 1. The fraction of sp³-hybridized carbons (Fsp3) is 0.917. The van der Waals surface area contributed by atoms with Crippen LogP contribution in [0.4, 0.5) is 0 Å². The van der Waals surface area contributed by atoms with Gasteiger partial charge in [0, 0.05) is 5.92 Å². The third kappa shape index (κ3) is 2.00. The van der Waals surface area contributed by atoms with Crippen LogP contribution in [-0.4, -0.2) is 16.3 Å². The second-order valence-electron chi connectivity index (χ2n) is 4.88. The molecule has 0 radical (unpaired) electrons. The smallest absolute Gasteiger partial charge is 0.151 e. The second kappa shape index (κ2) is 4.26. The maximum atomic E-state index is 12.3. The van der Waals surface area contributed by atoms with Gasteiger partial charge in [-0.1, -0.05) is 19.3 Å². The molecule has 1 aliphatic heterocycles. The van der Waals surface area contributed by atoms with Crippen LogP contribution in [0.5, 0.6) is 0 Å². The molecule has 14 heavy (non-hydrogen) atoms. The van der Waals surface area contributed by atoms with Gasteiger partial charge in [0.2, 0.25) is 0 Å². The Morgan fingerprint density at radius 2 is 1.93 bits per heavy atom. The van der Waals surface area contributed by atoms with Gasteiger partial charge in [-0.15, -0.1) is 11.8 Å². The van der Waals surface area contributed by atoms with Gasteiger partial charge in [-0.25, -0.2) is 0 Å². The van der Waals surface area contributed by atoms with Gasteiger partial charge in [-0.3, -0.25) is 4.79 Å². The Morgan fingerprint density at radius 3 is 2.50 bits per heavy atom. The molecule has 1 heterocycles. The topological polar surface area (TPSA) is 17.1 Å². The molecule has 1 unspecified atom stereocenters. The molecule has 1 saturated heterocycles. The molecule has 0 spiro atoms. The van der Waals surface area contributed by atoms with Crippen molar-refractivity contribution in [2.24, 2.45) is 5.92 Å². The van der Waals surface area contributed by atoms with Crippen LogP contribution in [0.2, 0.25) is 0 Å². The first-order chi connectivity index (χ1) is 6.72. The van der Waals surface area contributed by atoms with Crippen molar-refractivity contribution >= 4 is 17.5 Å². The van der Waals surface area contributed by atoms with Crippen molar-refractivity contribution < 1.29 is 4.79 Å². The standard InChI is InChI=1S/C12H20OS/c1-12(8-5-9-14-12)11(13)10-6-3-2-4-7-10/h10H,2-9H2,1H3. The Morgan fingerprint density at radius 1 is 1.21 bits per heavy atom. The van der Waals surface area contributed by atoms with Crippen molar-refractivity contribution in [1.29, 1.82) is 0 Å². The minimum Gasteiger partial charge on any atom is -0.298 e. The van der Waals surface area contributed by atoms with Gasteiger partial charge in [0.05, 0.1) is 4.75 Å². The van der Waals surface area contributed by atoms with Crippen LogP contribution in [0.25, 0.3) is 0 Å². The van der Waals surface area contributed by atoms with Gasteiger partial charge in [-0.05, 0) is 38.4 Å². The highest BCUT2D eigenvalue weighted by molar-refractivity contribution is 8.01. The third-order valence-corrected chi connectivity index (χ3v) is 5.25. The Kier molecular flexibility index (Phi) is 3.20. The van der Waals surface area contributed by atoms with Crippen molar-refractivity contribution in [1.82, 2.24) is 0 Å². The average molecular weight is 212 g/mol. The number of hydrogen-bond acceptors (Lipinski definition) is 2. The summed E-state index contributed by atoms with van der Waals surface area (Å²) >= 11 is 1.90. The summed E-state index contributed by atoms with van der Waals surface area (Å²) in [5, 5.41) is 0. The predicted molar refractivity (Wildman–Crippen MR) is 61.7 cm³/mol. The number of rotatable bonds is 2. The first kappa shape index (κ1) is 10.5. The average Bonchev–Trinajstić information content (AvgIpc) is 2.67. The maximum absolute atomic E-state index is 12.3. The summed E-state index contributed by atoms with van der Waals surface area (Å²) in [5.74, 6) is 2.16. The van der Waals surface area contributed by atoms with Gasteiger partial charge in [-0.2, -0.15) is 0 Å². The summed E-state index contributed by atoms with van der Waals surface area (Å²) in [5.41, 5.74) is 0. The largest absolute Gasteiger partial charge is 0.298 e. The van der Waals surface area contributed by atoms with Crippen molar-refractivity contribution in [3.8, 4) is 0 Å². The molecule has 2 fully saturated rings. The van der Waals surface area contributed by atoms with Gasteiger partial charge in [0.25, 0.3) is 0 Å². The molecular weight excluding hydrogens is 192 g/mol. The van der Waals surface area contributed by atoms with E-state index in [0.717, 1.165) is 19.3 Å². The van der Waals surface area contributed by atoms with Gasteiger partial charge >= 0.3 is 0 Å². The zero-order chi connectivity index (χ0) is 10.0. The molecule has 2 aliphatic rings. The van der Waals surface area contributed by atoms with E-state index < -0.39 is 0 Å². The molecule has 2 heteroatoms. The van der Waals surface area contributed by atoms with E-state index in [9.17, 15) is 4.79 Å². The number of thioether (sulfide) groups is 1. The minimum atomic E-state index is -0.0119. The first-order valence-electron chi connectivity index (χ1n) is 5.91. The Labute approximate surface area is 91.0 Å². The predicted octanol–water partition coefficient (Wildman–Crippen LogP) is 3.42. The van der Waals surface area contributed by atoms with Crippen LogP contribution in [0.1, 0.15) is 51.9 Å². The van der Waals surface area contributed by atoms with E-state index in [1.807, 2.05) is 11.8 Å². The Balaban J connectivity index is 1.98. The van der Waals surface area contributed by atoms with Crippen LogP contribution < -0.4 is 0 Å². The summed E-state index contributed by atoms with van der Waals surface area (Å²) in [4.78, 5) is 12.3. The van der Waals surface area contributed by atoms with E-state index in [0.29, 0.717) is 11.7 Å². The fourth-order valence-electron chi connectivity index (χ4n) is 2.77. The van der Waals surface area contributed by atoms with E-state index in [4.69, 9.17) is 0 Å². The van der Waals surface area contributed by atoms with E-state index in [1.165, 1.54) is 31.4 Å². The van der Waals surface area contributed by atoms with E-state index >= 15 is 0 Å². The van der Waals surface area contributed by atoms with E-state index in [2.05, 4.69) is 6.92 Å². The van der Waals surface area contributed by atoms with Gasteiger partial charge in [0.1, 0.15) is 0 Å². The molecule has 1 nitrogen and oxygen atoms in total. The molecule has 2 rings (SSSR count). The molecule has 1 aliphatic carbocycles. The van der Waals surface area contributed by atoms with E-state index in [1.54, 1.807) is 0 Å². The lowest BCUT2D eigenvalue weighted by atomic mass is 9.81. The van der Waals surface area contributed by atoms with Crippen molar-refractivity contribution in [2.75, 3.05) is 5.75 Å². The summed E-state index contributed by atoms with van der Waals surface area (Å²) in [7, 11) is 0. The quantitative estimate of drug-likeness (QED) is 0.697. The molecule has 0 bridgehead atoms. The zero-order valence-corrected chi connectivity index (χ0v) is 9.87. The number of carbonyl (C=O) groups is 1. The molecule has 1 saturated carbocycles. The fourth-order valence-corrected chi connectivity index (χ4v) is 4.11. The minimum absolute atomic E-state index is 0.0119. The molecule has 0 aromatic carbocycles. The third-order valence-electron chi connectivity index (χ3n) is 3.72. The van der Waals surface area contributed by atoms with Crippen molar-refractivity contribution in [3.05, 3.63) is 0 Å². The number of carbonyl (C=O) groups excluding carboxylic acids is 1. The molecule has 0 aromatic heterocycles. The lowest BCUT2D eigenvalue weighted by Crippen LogP contribution is -2.35. The molecule has 80 valence electrons. The molecule has 1 atom stereocenters. The van der Waals surface area contributed by atoms with E-state index in [-0.39, 0.29) is 4.75 Å². The van der Waals surface area contributed by atoms with Crippen LogP contribution in [0.15, 0.2) is 0 Å². The summed E-state index contributed by atoms with van der Waals surface area (Å²) in [6.45, 7) is 2.17. The second-order valence-corrected chi connectivity index (χ2v) is 6.48. The molecular formula is C12H20OS. The lowest BCUT2D eigenvalue weighted by Gasteiger charge is -2.29. The monoisotopic (exact) mass is 212 g/mol. The van der Waals surface area contributed by atoms with Crippen molar-refractivity contribution in [2.45, 2.75) is 56.6 Å². The van der Waals surface area contributed by atoms with Crippen LogP contribution in [0.3, 0.4) is 0 Å². The molecule has 0 amide bonds. The van der Waals surface area contributed by atoms with Gasteiger partial charge in [0.15, 0.2) is 5.78 Å². The highest BCUT2D eigenvalue weighted by Gasteiger charge is 2.40. The van der Waals surface area contributed by atoms with Gasteiger partial charge < -0.3 is 0 Å². The Bertz CT molecular complexity index is 212.